The molecule has 4 bridgehead atoms. The van der Waals surface area contributed by atoms with Crippen molar-refractivity contribution in [3.8, 4) is 0 Å². The van der Waals surface area contributed by atoms with Crippen molar-refractivity contribution in [1.82, 2.24) is 0 Å². The van der Waals surface area contributed by atoms with Gasteiger partial charge in [-0.2, -0.15) is 0 Å². The zero-order valence-corrected chi connectivity index (χ0v) is 10.4. The third kappa shape index (κ3) is 0.993. The second kappa shape index (κ2) is 2.37. The average Bonchev–Trinajstić information content (AvgIpc) is 1.98. The molecular weight excluding hydrogens is 299 g/mol. The van der Waals surface area contributed by atoms with Gasteiger partial charge in [0.05, 0.1) is 0 Å². The van der Waals surface area contributed by atoms with Crippen LogP contribution in [-0.2, 0) is 23.9 Å². The fraction of sp³-hybridized carbons (Fsp3) is 0.900. The van der Waals surface area contributed by atoms with Gasteiger partial charge in [0, 0.05) is 0 Å². The van der Waals surface area contributed by atoms with Crippen LogP contribution in [0.3, 0.4) is 0 Å². The van der Waals surface area contributed by atoms with Crippen LogP contribution in [0, 0.1) is 23.7 Å². The van der Waals surface area contributed by atoms with E-state index in [4.69, 9.17) is 0 Å². The van der Waals surface area contributed by atoms with E-state index in [2.05, 4.69) is 0 Å². The van der Waals surface area contributed by atoms with Gasteiger partial charge in [-0.1, -0.05) is 0 Å². The topological polar surface area (TPSA) is 0 Å². The van der Waals surface area contributed by atoms with Crippen molar-refractivity contribution < 1.29 is 23.9 Å². The monoisotopic (exact) mass is 314 g/mol. The maximum absolute atomic E-state index is 2.01. The van der Waals surface area contributed by atoms with Crippen LogP contribution in [0.2, 0.25) is 0 Å². The van der Waals surface area contributed by atoms with E-state index in [0.717, 1.165) is 23.7 Å². The number of rotatable bonds is 0. The van der Waals surface area contributed by atoms with E-state index < -0.39 is 0 Å². The third-order valence-electron chi connectivity index (χ3n) is 4.02. The summed E-state index contributed by atoms with van der Waals surface area (Å²) in [5.41, 5.74) is 0. The Kier molecular flexibility index (Phi) is 1.54. The summed E-state index contributed by atoms with van der Waals surface area (Å²) in [5, 5.41) is 0. The van der Waals surface area contributed by atoms with E-state index in [0.29, 0.717) is 0 Å². The predicted molar refractivity (Wildman–Crippen MR) is 42.1 cm³/mol. The summed E-state index contributed by atoms with van der Waals surface area (Å²) < 4.78 is 2.01. The van der Waals surface area contributed by atoms with Crippen LogP contribution in [0.15, 0.2) is 0 Å². The maximum atomic E-state index is 2.01. The molecule has 4 rings (SSSR count). The second-order valence-corrected chi connectivity index (χ2v) is 6.83. The Labute approximate surface area is 82.8 Å². The summed E-state index contributed by atoms with van der Waals surface area (Å²) in [7, 11) is 0. The summed E-state index contributed by atoms with van der Waals surface area (Å²) in [6, 6.07) is 0. The average molecular weight is 313 g/mol. The van der Waals surface area contributed by atoms with Crippen LogP contribution in [-0.4, -0.2) is 3.26 Å². The SMILES string of the molecule is [Hf+2]=[C]1C2CC3CC(C2)CC1C3. The van der Waals surface area contributed by atoms with Gasteiger partial charge in [-0.25, -0.2) is 0 Å². The molecule has 0 N–H and O–H groups in total. The van der Waals surface area contributed by atoms with Gasteiger partial charge in [-0.3, -0.25) is 0 Å². The van der Waals surface area contributed by atoms with E-state index in [9.17, 15) is 0 Å². The molecule has 0 aromatic heterocycles. The molecule has 4 saturated carbocycles. The Hall–Kier alpha value is 0.740. The van der Waals surface area contributed by atoms with E-state index in [1.54, 1.807) is 32.1 Å². The van der Waals surface area contributed by atoms with Crippen molar-refractivity contribution in [3.63, 3.8) is 0 Å². The van der Waals surface area contributed by atoms with E-state index in [-0.39, 0.29) is 0 Å². The Morgan fingerprint density at radius 3 is 1.73 bits per heavy atom. The molecule has 4 aliphatic carbocycles. The van der Waals surface area contributed by atoms with Gasteiger partial charge in [-0.15, -0.1) is 0 Å². The molecule has 0 nitrogen and oxygen atoms in total. The molecule has 0 saturated heterocycles. The van der Waals surface area contributed by atoms with Gasteiger partial charge in [0.2, 0.25) is 0 Å². The van der Waals surface area contributed by atoms with Gasteiger partial charge >= 0.3 is 82.9 Å². The summed E-state index contributed by atoms with van der Waals surface area (Å²) in [6.45, 7) is 0. The molecule has 1 heteroatoms. The molecule has 0 heterocycles. The van der Waals surface area contributed by atoms with Crippen molar-refractivity contribution in [2.75, 3.05) is 0 Å². The van der Waals surface area contributed by atoms with Crippen molar-refractivity contribution in [1.29, 1.82) is 0 Å². The number of hydrogen-bond acceptors (Lipinski definition) is 0. The minimum absolute atomic E-state index is 1.12. The normalized spacial score (nSPS) is 53.8. The zero-order valence-electron chi connectivity index (χ0n) is 6.84. The van der Waals surface area contributed by atoms with Gasteiger partial charge < -0.3 is 0 Å². The molecule has 0 aromatic carbocycles. The first-order valence-corrected chi connectivity index (χ1v) is 6.71. The molecule has 0 aliphatic heterocycles. The Balaban J connectivity index is 1.96. The van der Waals surface area contributed by atoms with Gasteiger partial charge in [0.1, 0.15) is 0 Å². The Bertz CT molecular complexity index is 177. The second-order valence-electron chi connectivity index (χ2n) is 4.76. The molecule has 0 spiro atoms. The minimum atomic E-state index is 1.12. The predicted octanol–water partition coefficient (Wildman–Crippen LogP) is 2.16. The fourth-order valence-corrected chi connectivity index (χ4v) is 5.39. The third-order valence-corrected chi connectivity index (χ3v) is 6.95. The molecule has 4 aliphatic rings. The molecular formula is C10H14Hf+2. The summed E-state index contributed by atoms with van der Waals surface area (Å²) in [6.07, 6.45) is 7.96. The van der Waals surface area contributed by atoms with Crippen LogP contribution in [0.25, 0.3) is 0 Å². The first-order valence-electron chi connectivity index (χ1n) is 4.91. The molecule has 11 heavy (non-hydrogen) atoms. The molecule has 0 atom stereocenters. The van der Waals surface area contributed by atoms with Crippen molar-refractivity contribution in [2.45, 2.75) is 32.1 Å². The van der Waals surface area contributed by atoms with Crippen molar-refractivity contribution >= 4 is 3.26 Å². The van der Waals surface area contributed by atoms with Crippen LogP contribution < -0.4 is 0 Å². The van der Waals surface area contributed by atoms with Gasteiger partial charge in [0.25, 0.3) is 0 Å². The molecule has 0 radical (unpaired) electrons. The summed E-state index contributed by atoms with van der Waals surface area (Å²) >= 11 is 1.41. The molecule has 56 valence electrons. The number of hydrogen-bond donors (Lipinski definition) is 0. The van der Waals surface area contributed by atoms with Crippen LogP contribution in [0.5, 0.6) is 0 Å². The van der Waals surface area contributed by atoms with Crippen molar-refractivity contribution in [2.24, 2.45) is 23.7 Å². The quantitative estimate of drug-likeness (QED) is 0.601. The van der Waals surface area contributed by atoms with Gasteiger partial charge in [0.15, 0.2) is 0 Å². The van der Waals surface area contributed by atoms with Gasteiger partial charge in [-0.05, 0) is 0 Å². The fourth-order valence-electron chi connectivity index (χ4n) is 3.69. The molecule has 4 fully saturated rings. The first-order chi connectivity index (χ1) is 5.33. The molecule has 0 unspecified atom stereocenters. The summed E-state index contributed by atoms with van der Waals surface area (Å²) in [5.74, 6) is 4.57. The van der Waals surface area contributed by atoms with Crippen LogP contribution in [0.1, 0.15) is 32.1 Å². The Morgan fingerprint density at radius 1 is 0.818 bits per heavy atom. The molecule has 0 aromatic rings. The van der Waals surface area contributed by atoms with E-state index >= 15 is 0 Å². The Morgan fingerprint density at radius 2 is 1.27 bits per heavy atom. The van der Waals surface area contributed by atoms with E-state index in [1.165, 1.54) is 23.9 Å². The zero-order chi connectivity index (χ0) is 7.42. The van der Waals surface area contributed by atoms with E-state index in [1.807, 2.05) is 3.26 Å². The van der Waals surface area contributed by atoms with Crippen LogP contribution in [0.4, 0.5) is 0 Å². The van der Waals surface area contributed by atoms with Crippen molar-refractivity contribution in [3.05, 3.63) is 0 Å². The van der Waals surface area contributed by atoms with Crippen LogP contribution >= 0.6 is 0 Å². The summed E-state index contributed by atoms with van der Waals surface area (Å²) in [4.78, 5) is 0. The standard InChI is InChI=1S/C10H14.Hf/c1-7-2-9-4-8(1)5-10(3-7)6-9;/h7-10H,1-5H2;/q;+2. The first kappa shape index (κ1) is 7.17. The molecule has 0 amide bonds.